The van der Waals surface area contributed by atoms with Gasteiger partial charge in [-0.1, -0.05) is 6.07 Å². The van der Waals surface area contributed by atoms with E-state index >= 15 is 0 Å². The fourth-order valence-corrected chi connectivity index (χ4v) is 3.92. The van der Waals surface area contributed by atoms with Crippen LogP contribution in [0.5, 0.6) is 0 Å². The standard InChI is InChI=1S/C15H22F2N2O3S/c1-22-10-9-19-7-5-12(6-8-19)11-18-23(20,21)15-13(16)3-2-4-14(15)17/h2-4,12,18H,5-11H2,1H3. The summed E-state index contributed by atoms with van der Waals surface area (Å²) in [7, 11) is -2.53. The van der Waals surface area contributed by atoms with Gasteiger partial charge in [-0.05, 0) is 44.0 Å². The molecule has 0 atom stereocenters. The van der Waals surface area contributed by atoms with Crippen LogP contribution in [0.3, 0.4) is 0 Å². The molecule has 8 heteroatoms. The summed E-state index contributed by atoms with van der Waals surface area (Å²) in [5, 5.41) is 0. The van der Waals surface area contributed by atoms with Crippen LogP contribution in [-0.4, -0.2) is 53.2 Å². The molecule has 0 amide bonds. The van der Waals surface area contributed by atoms with Crippen LogP contribution in [0.4, 0.5) is 8.78 Å². The second kappa shape index (κ2) is 8.14. The van der Waals surface area contributed by atoms with E-state index in [4.69, 9.17) is 4.74 Å². The Morgan fingerprint density at radius 2 is 1.87 bits per heavy atom. The van der Waals surface area contributed by atoms with Crippen molar-refractivity contribution in [1.82, 2.24) is 9.62 Å². The minimum absolute atomic E-state index is 0.165. The van der Waals surface area contributed by atoms with Crippen LogP contribution in [0.15, 0.2) is 23.1 Å². The first-order valence-corrected chi connectivity index (χ1v) is 9.07. The maximum Gasteiger partial charge on any atom is 0.246 e. The minimum atomic E-state index is -4.18. The number of hydrogen-bond donors (Lipinski definition) is 1. The van der Waals surface area contributed by atoms with Crippen molar-refractivity contribution < 1.29 is 21.9 Å². The van der Waals surface area contributed by atoms with E-state index in [1.54, 1.807) is 7.11 Å². The van der Waals surface area contributed by atoms with Crippen LogP contribution in [0.2, 0.25) is 0 Å². The van der Waals surface area contributed by atoms with Gasteiger partial charge >= 0.3 is 0 Å². The van der Waals surface area contributed by atoms with E-state index in [9.17, 15) is 17.2 Å². The van der Waals surface area contributed by atoms with Gasteiger partial charge in [0.05, 0.1) is 6.61 Å². The molecule has 1 aromatic carbocycles. The van der Waals surface area contributed by atoms with Gasteiger partial charge in [0.1, 0.15) is 11.6 Å². The number of hydrogen-bond acceptors (Lipinski definition) is 4. The van der Waals surface area contributed by atoms with E-state index in [0.29, 0.717) is 6.61 Å². The number of likely N-dealkylation sites (tertiary alicyclic amines) is 1. The molecule has 0 saturated carbocycles. The Balaban J connectivity index is 1.89. The van der Waals surface area contributed by atoms with Crippen LogP contribution in [-0.2, 0) is 14.8 Å². The molecule has 1 fully saturated rings. The van der Waals surface area contributed by atoms with Crippen LogP contribution < -0.4 is 4.72 Å². The van der Waals surface area contributed by atoms with Crippen molar-refractivity contribution in [3.63, 3.8) is 0 Å². The number of methoxy groups -OCH3 is 1. The third-order valence-corrected chi connectivity index (χ3v) is 5.54. The van der Waals surface area contributed by atoms with Gasteiger partial charge in [0.25, 0.3) is 0 Å². The zero-order valence-corrected chi connectivity index (χ0v) is 13.9. The first kappa shape index (κ1) is 18.3. The number of nitrogens with zero attached hydrogens (tertiary/aromatic N) is 1. The van der Waals surface area contributed by atoms with Crippen molar-refractivity contribution in [3.8, 4) is 0 Å². The molecular formula is C15H22F2N2O3S. The minimum Gasteiger partial charge on any atom is -0.383 e. The Kier molecular flexibility index (Phi) is 6.46. The number of halogens is 2. The second-order valence-electron chi connectivity index (χ2n) is 5.68. The molecule has 0 spiro atoms. The lowest BCUT2D eigenvalue weighted by atomic mass is 9.97. The van der Waals surface area contributed by atoms with Crippen LogP contribution in [0.1, 0.15) is 12.8 Å². The van der Waals surface area contributed by atoms with E-state index in [-0.39, 0.29) is 12.5 Å². The molecule has 23 heavy (non-hydrogen) atoms. The lowest BCUT2D eigenvalue weighted by Crippen LogP contribution is -2.40. The largest absolute Gasteiger partial charge is 0.383 e. The summed E-state index contributed by atoms with van der Waals surface area (Å²) in [6.45, 7) is 3.45. The molecule has 1 heterocycles. The summed E-state index contributed by atoms with van der Waals surface area (Å²) >= 11 is 0. The highest BCUT2D eigenvalue weighted by molar-refractivity contribution is 7.89. The van der Waals surface area contributed by atoms with Gasteiger partial charge in [-0.2, -0.15) is 0 Å². The third kappa shape index (κ3) is 4.94. The Morgan fingerprint density at radius 1 is 1.26 bits per heavy atom. The van der Waals surface area contributed by atoms with E-state index in [2.05, 4.69) is 9.62 Å². The summed E-state index contributed by atoms with van der Waals surface area (Å²) in [5.74, 6) is -1.99. The maximum atomic E-state index is 13.6. The lowest BCUT2D eigenvalue weighted by Gasteiger charge is -2.31. The molecule has 2 rings (SSSR count). The topological polar surface area (TPSA) is 58.6 Å². The highest BCUT2D eigenvalue weighted by Gasteiger charge is 2.26. The normalized spacial score (nSPS) is 17.5. The first-order valence-electron chi connectivity index (χ1n) is 7.59. The summed E-state index contributed by atoms with van der Waals surface area (Å²) in [6.07, 6.45) is 1.68. The summed E-state index contributed by atoms with van der Waals surface area (Å²) in [5.41, 5.74) is 0. The Hall–Kier alpha value is -1.09. The van der Waals surface area contributed by atoms with Crippen molar-refractivity contribution in [2.45, 2.75) is 17.7 Å². The molecule has 1 saturated heterocycles. The third-order valence-electron chi connectivity index (χ3n) is 4.07. The van der Waals surface area contributed by atoms with Gasteiger partial charge in [-0.25, -0.2) is 21.9 Å². The van der Waals surface area contributed by atoms with Gasteiger partial charge in [0, 0.05) is 20.2 Å². The molecule has 1 aromatic rings. The molecule has 0 radical (unpaired) electrons. The molecule has 1 aliphatic rings. The monoisotopic (exact) mass is 348 g/mol. The number of ether oxygens (including phenoxy) is 1. The van der Waals surface area contributed by atoms with Crippen LogP contribution in [0.25, 0.3) is 0 Å². The Labute approximate surface area is 135 Å². The van der Waals surface area contributed by atoms with Gasteiger partial charge in [0.2, 0.25) is 10.0 Å². The van der Waals surface area contributed by atoms with Gasteiger partial charge in [0.15, 0.2) is 4.90 Å². The lowest BCUT2D eigenvalue weighted by molar-refractivity contribution is 0.121. The number of nitrogens with one attached hydrogen (secondary N) is 1. The molecule has 0 aromatic heterocycles. The predicted octanol–water partition coefficient (Wildman–Crippen LogP) is 1.60. The molecule has 5 nitrogen and oxygen atoms in total. The smallest absolute Gasteiger partial charge is 0.246 e. The Bertz CT molecular complexity index is 597. The fraction of sp³-hybridized carbons (Fsp3) is 0.600. The molecule has 0 unspecified atom stereocenters. The highest BCUT2D eigenvalue weighted by Crippen LogP contribution is 2.20. The number of benzene rings is 1. The van der Waals surface area contributed by atoms with E-state index in [0.717, 1.165) is 50.7 Å². The fourth-order valence-electron chi connectivity index (χ4n) is 2.67. The molecular weight excluding hydrogens is 326 g/mol. The highest BCUT2D eigenvalue weighted by atomic mass is 32.2. The second-order valence-corrected chi connectivity index (χ2v) is 7.38. The maximum absolute atomic E-state index is 13.6. The number of sulfonamides is 1. The van der Waals surface area contributed by atoms with Gasteiger partial charge < -0.3 is 9.64 Å². The van der Waals surface area contributed by atoms with Crippen molar-refractivity contribution >= 4 is 10.0 Å². The van der Waals surface area contributed by atoms with Crippen molar-refractivity contribution in [3.05, 3.63) is 29.8 Å². The summed E-state index contributed by atoms with van der Waals surface area (Å²) < 4.78 is 58.8. The summed E-state index contributed by atoms with van der Waals surface area (Å²) in [4.78, 5) is 1.35. The molecule has 0 bridgehead atoms. The zero-order valence-electron chi connectivity index (χ0n) is 13.1. The van der Waals surface area contributed by atoms with Crippen molar-refractivity contribution in [2.75, 3.05) is 39.9 Å². The van der Waals surface area contributed by atoms with Crippen LogP contribution >= 0.6 is 0 Å². The van der Waals surface area contributed by atoms with Gasteiger partial charge in [-0.15, -0.1) is 0 Å². The van der Waals surface area contributed by atoms with Gasteiger partial charge in [-0.3, -0.25) is 0 Å². The molecule has 0 aliphatic carbocycles. The van der Waals surface area contributed by atoms with E-state index < -0.39 is 26.6 Å². The van der Waals surface area contributed by atoms with Crippen molar-refractivity contribution in [2.24, 2.45) is 5.92 Å². The van der Waals surface area contributed by atoms with E-state index in [1.807, 2.05) is 0 Å². The number of piperidine rings is 1. The SMILES string of the molecule is COCCN1CCC(CNS(=O)(=O)c2c(F)cccc2F)CC1. The zero-order chi connectivity index (χ0) is 16.9. The molecule has 1 aliphatic heterocycles. The molecule has 1 N–H and O–H groups in total. The quantitative estimate of drug-likeness (QED) is 0.813. The predicted molar refractivity (Wildman–Crippen MR) is 82.6 cm³/mol. The average Bonchev–Trinajstić information content (AvgIpc) is 2.51. The molecule has 130 valence electrons. The average molecular weight is 348 g/mol. The summed E-state index contributed by atoms with van der Waals surface area (Å²) in [6, 6.07) is 3.01. The number of rotatable bonds is 7. The van der Waals surface area contributed by atoms with Crippen LogP contribution in [0, 0.1) is 17.6 Å². The Morgan fingerprint density at radius 3 is 2.43 bits per heavy atom. The van der Waals surface area contributed by atoms with E-state index in [1.165, 1.54) is 0 Å². The first-order chi connectivity index (χ1) is 10.9. The van der Waals surface area contributed by atoms with Crippen molar-refractivity contribution in [1.29, 1.82) is 0 Å².